The quantitative estimate of drug-likeness (QED) is 0.383. The lowest BCUT2D eigenvalue weighted by atomic mass is 9.86. The second-order valence-electron chi connectivity index (χ2n) is 3.99. The normalized spacial score (nSPS) is 22.9. The molecule has 1 atom stereocenters. The second-order valence-corrected chi connectivity index (χ2v) is 3.99. The van der Waals surface area contributed by atoms with Crippen LogP contribution in [0, 0.1) is 5.92 Å². The van der Waals surface area contributed by atoms with Crippen molar-refractivity contribution in [2.75, 3.05) is 0 Å². The van der Waals surface area contributed by atoms with E-state index in [1.54, 1.807) is 6.26 Å². The van der Waals surface area contributed by atoms with Crippen LogP contribution in [-0.2, 0) is 9.53 Å². The minimum absolute atomic E-state index is 0.244. The summed E-state index contributed by atoms with van der Waals surface area (Å²) in [5.41, 5.74) is 2.64. The molecule has 0 aromatic rings. The molecule has 0 aromatic heterocycles. The van der Waals surface area contributed by atoms with Crippen LogP contribution in [0.4, 0.5) is 0 Å². The van der Waals surface area contributed by atoms with E-state index in [1.165, 1.54) is 24.5 Å². The zero-order valence-corrected chi connectivity index (χ0v) is 9.17. The predicted octanol–water partition coefficient (Wildman–Crippen LogP) is 3.20. The van der Waals surface area contributed by atoms with Gasteiger partial charge in [0.05, 0.1) is 6.26 Å². The Morgan fingerprint density at radius 1 is 1.57 bits per heavy atom. The van der Waals surface area contributed by atoms with Crippen molar-refractivity contribution in [2.24, 2.45) is 5.92 Å². The molecule has 1 aliphatic rings. The zero-order valence-electron chi connectivity index (χ0n) is 9.17. The van der Waals surface area contributed by atoms with Crippen molar-refractivity contribution in [3.8, 4) is 0 Å². The van der Waals surface area contributed by atoms with Gasteiger partial charge in [0.25, 0.3) is 0 Å². The Morgan fingerprint density at radius 2 is 2.29 bits per heavy atom. The number of ether oxygens (including phenoxy) is 1. The number of carbonyl (C=O) groups excluding carboxylic acids is 1. The Bertz CT molecular complexity index is 274. The molecular weight excluding hydrogens is 176 g/mol. The number of allylic oxidation sites excluding steroid dienone is 3. The maximum absolute atomic E-state index is 10.6. The molecule has 0 saturated carbocycles. The standard InChI is InChI=1S/C12H18O2/c1-9-4-6-12(7-5-9)10(2)8-14-11(3)13/h4,8,12H,5-7H2,1-3H3/b10-8+/t12-/m0/s1. The first kappa shape index (κ1) is 11.0. The Kier molecular flexibility index (Phi) is 3.93. The molecule has 0 N–H and O–H groups in total. The van der Waals surface area contributed by atoms with Gasteiger partial charge in [-0.2, -0.15) is 0 Å². The van der Waals surface area contributed by atoms with Gasteiger partial charge >= 0.3 is 5.97 Å². The van der Waals surface area contributed by atoms with Crippen LogP contribution in [0.2, 0.25) is 0 Å². The van der Waals surface area contributed by atoms with Crippen molar-refractivity contribution in [3.63, 3.8) is 0 Å². The number of carbonyl (C=O) groups is 1. The van der Waals surface area contributed by atoms with Crippen molar-refractivity contribution in [2.45, 2.75) is 40.0 Å². The molecule has 2 heteroatoms. The van der Waals surface area contributed by atoms with Gasteiger partial charge in [-0.1, -0.05) is 11.6 Å². The van der Waals surface area contributed by atoms with Crippen LogP contribution in [0.3, 0.4) is 0 Å². The molecule has 14 heavy (non-hydrogen) atoms. The molecule has 0 bridgehead atoms. The van der Waals surface area contributed by atoms with Gasteiger partial charge in [-0.05, 0) is 44.6 Å². The van der Waals surface area contributed by atoms with Gasteiger partial charge in [0.2, 0.25) is 0 Å². The highest BCUT2D eigenvalue weighted by atomic mass is 16.5. The fourth-order valence-electron chi connectivity index (χ4n) is 1.65. The highest BCUT2D eigenvalue weighted by Gasteiger charge is 2.14. The lowest BCUT2D eigenvalue weighted by Crippen LogP contribution is -2.07. The van der Waals surface area contributed by atoms with Crippen LogP contribution in [0.25, 0.3) is 0 Å². The Balaban J connectivity index is 2.49. The molecule has 78 valence electrons. The third-order valence-corrected chi connectivity index (χ3v) is 2.69. The first-order valence-electron chi connectivity index (χ1n) is 5.09. The highest BCUT2D eigenvalue weighted by Crippen LogP contribution is 2.28. The molecule has 0 aromatic carbocycles. The van der Waals surface area contributed by atoms with Crippen LogP contribution in [0.15, 0.2) is 23.5 Å². The molecule has 0 unspecified atom stereocenters. The van der Waals surface area contributed by atoms with E-state index < -0.39 is 0 Å². The highest BCUT2D eigenvalue weighted by molar-refractivity contribution is 5.66. The molecule has 1 rings (SSSR count). The predicted molar refractivity (Wildman–Crippen MR) is 56.6 cm³/mol. The van der Waals surface area contributed by atoms with E-state index in [9.17, 15) is 4.79 Å². The molecule has 0 amide bonds. The topological polar surface area (TPSA) is 26.3 Å². The summed E-state index contributed by atoms with van der Waals surface area (Å²) in [6, 6.07) is 0. The summed E-state index contributed by atoms with van der Waals surface area (Å²) in [7, 11) is 0. The fourth-order valence-corrected chi connectivity index (χ4v) is 1.65. The van der Waals surface area contributed by atoms with E-state index in [2.05, 4.69) is 13.0 Å². The Hall–Kier alpha value is -1.05. The lowest BCUT2D eigenvalue weighted by Gasteiger charge is -2.20. The maximum atomic E-state index is 10.6. The molecule has 2 nitrogen and oxygen atoms in total. The van der Waals surface area contributed by atoms with E-state index in [4.69, 9.17) is 4.74 Å². The number of esters is 1. The zero-order chi connectivity index (χ0) is 10.6. The number of rotatable bonds is 2. The third-order valence-electron chi connectivity index (χ3n) is 2.69. The van der Waals surface area contributed by atoms with Gasteiger partial charge in [0, 0.05) is 6.92 Å². The van der Waals surface area contributed by atoms with Gasteiger partial charge in [-0.15, -0.1) is 0 Å². The van der Waals surface area contributed by atoms with E-state index in [1.807, 2.05) is 6.92 Å². The molecule has 0 fully saturated rings. The van der Waals surface area contributed by atoms with Crippen LogP contribution >= 0.6 is 0 Å². The SMILES string of the molecule is CC(=O)O/C=C(\C)[C@H]1CC=C(C)CC1. The smallest absolute Gasteiger partial charge is 0.307 e. The molecule has 0 saturated heterocycles. The third kappa shape index (κ3) is 3.36. The summed E-state index contributed by atoms with van der Waals surface area (Å²) in [6.45, 7) is 5.62. The fraction of sp³-hybridized carbons (Fsp3) is 0.583. The van der Waals surface area contributed by atoms with Crippen molar-refractivity contribution in [1.82, 2.24) is 0 Å². The van der Waals surface area contributed by atoms with Gasteiger partial charge < -0.3 is 4.74 Å². The maximum Gasteiger partial charge on any atom is 0.307 e. The molecule has 0 aliphatic heterocycles. The van der Waals surface area contributed by atoms with E-state index in [0.717, 1.165) is 12.8 Å². The van der Waals surface area contributed by atoms with E-state index in [0.29, 0.717) is 5.92 Å². The second kappa shape index (κ2) is 4.99. The number of hydrogen-bond acceptors (Lipinski definition) is 2. The van der Waals surface area contributed by atoms with Gasteiger partial charge in [-0.3, -0.25) is 4.79 Å². The molecular formula is C12H18O2. The van der Waals surface area contributed by atoms with Gasteiger partial charge in [-0.25, -0.2) is 0 Å². The minimum Gasteiger partial charge on any atom is -0.435 e. The Labute approximate surface area is 85.6 Å². The van der Waals surface area contributed by atoms with Crippen molar-refractivity contribution in [3.05, 3.63) is 23.5 Å². The van der Waals surface area contributed by atoms with Crippen molar-refractivity contribution < 1.29 is 9.53 Å². The summed E-state index contributed by atoms with van der Waals surface area (Å²) < 4.78 is 4.86. The largest absolute Gasteiger partial charge is 0.435 e. The average molecular weight is 194 g/mol. The molecule has 0 spiro atoms. The van der Waals surface area contributed by atoms with Crippen LogP contribution < -0.4 is 0 Å². The lowest BCUT2D eigenvalue weighted by molar-refractivity contribution is -0.135. The summed E-state index contributed by atoms with van der Waals surface area (Å²) in [4.78, 5) is 10.6. The summed E-state index contributed by atoms with van der Waals surface area (Å²) in [5, 5.41) is 0. The van der Waals surface area contributed by atoms with Crippen LogP contribution in [-0.4, -0.2) is 5.97 Å². The summed E-state index contributed by atoms with van der Waals surface area (Å²) in [6.07, 6.45) is 7.29. The van der Waals surface area contributed by atoms with Crippen molar-refractivity contribution >= 4 is 5.97 Å². The average Bonchev–Trinajstić information content (AvgIpc) is 2.15. The monoisotopic (exact) mass is 194 g/mol. The van der Waals surface area contributed by atoms with Crippen LogP contribution in [0.1, 0.15) is 40.0 Å². The van der Waals surface area contributed by atoms with E-state index in [-0.39, 0.29) is 5.97 Å². The first-order valence-corrected chi connectivity index (χ1v) is 5.09. The molecule has 1 aliphatic carbocycles. The first-order chi connectivity index (χ1) is 6.59. The Morgan fingerprint density at radius 3 is 2.79 bits per heavy atom. The van der Waals surface area contributed by atoms with E-state index >= 15 is 0 Å². The number of hydrogen-bond donors (Lipinski definition) is 0. The summed E-state index contributed by atoms with van der Waals surface area (Å²) in [5.74, 6) is 0.310. The summed E-state index contributed by atoms with van der Waals surface area (Å²) >= 11 is 0. The van der Waals surface area contributed by atoms with Gasteiger partial charge in [0.1, 0.15) is 0 Å². The van der Waals surface area contributed by atoms with Gasteiger partial charge in [0.15, 0.2) is 0 Å². The molecule has 0 radical (unpaired) electrons. The van der Waals surface area contributed by atoms with Crippen LogP contribution in [0.5, 0.6) is 0 Å². The van der Waals surface area contributed by atoms with Crippen molar-refractivity contribution in [1.29, 1.82) is 0 Å². The molecule has 0 heterocycles. The minimum atomic E-state index is -0.244.